The Labute approximate surface area is 249 Å². The molecule has 0 aliphatic carbocycles. The number of nitrogens with one attached hydrogen (secondary N) is 3. The highest BCUT2D eigenvalue weighted by molar-refractivity contribution is 8.00. The van der Waals surface area contributed by atoms with Crippen LogP contribution in [-0.2, 0) is 9.59 Å². The third kappa shape index (κ3) is 9.64. The monoisotopic (exact) mass is 580 g/mol. The number of pyridine rings is 1. The van der Waals surface area contributed by atoms with Crippen LogP contribution in [0.3, 0.4) is 0 Å². The molecule has 3 N–H and O–H groups in total. The van der Waals surface area contributed by atoms with Crippen LogP contribution >= 0.6 is 11.8 Å². The van der Waals surface area contributed by atoms with Gasteiger partial charge in [0.05, 0.1) is 12.4 Å². The Bertz CT molecular complexity index is 1510. The first-order chi connectivity index (χ1) is 20.5. The van der Waals surface area contributed by atoms with Gasteiger partial charge < -0.3 is 20.7 Å². The van der Waals surface area contributed by atoms with Gasteiger partial charge in [-0.15, -0.1) is 11.8 Å². The Hall–Kier alpha value is -4.89. The topological polar surface area (TPSA) is 109 Å². The van der Waals surface area contributed by atoms with Gasteiger partial charge in [0.25, 0.3) is 11.8 Å². The summed E-state index contributed by atoms with van der Waals surface area (Å²) >= 11 is 1.34. The van der Waals surface area contributed by atoms with E-state index in [0.29, 0.717) is 29.1 Å². The fourth-order valence-corrected chi connectivity index (χ4v) is 4.50. The fraction of sp³-hybridized carbons (Fsp3) is 0.152. The molecule has 0 unspecified atom stereocenters. The number of anilines is 2. The SMILES string of the molecule is CCCCOc1ccc(NC(=O)CSc2cccc(NC(=O)/C(=C/c3cccnc3)NC(=O)c3ccccc3)c2)cc1. The molecule has 0 radical (unpaired) electrons. The van der Waals surface area contributed by atoms with Gasteiger partial charge in [0.2, 0.25) is 5.91 Å². The van der Waals surface area contributed by atoms with Crippen molar-refractivity contribution >= 4 is 46.9 Å². The largest absolute Gasteiger partial charge is 0.494 e. The van der Waals surface area contributed by atoms with Crippen LogP contribution in [0.5, 0.6) is 5.75 Å². The van der Waals surface area contributed by atoms with Crippen molar-refractivity contribution in [3.63, 3.8) is 0 Å². The van der Waals surface area contributed by atoms with E-state index < -0.39 is 11.8 Å². The molecule has 0 atom stereocenters. The summed E-state index contributed by atoms with van der Waals surface area (Å²) < 4.78 is 5.66. The summed E-state index contributed by atoms with van der Waals surface area (Å²) in [4.78, 5) is 43.5. The van der Waals surface area contributed by atoms with Crippen LogP contribution in [0.2, 0.25) is 0 Å². The third-order valence-corrected chi connectivity index (χ3v) is 6.88. The molecule has 4 aromatic rings. The van der Waals surface area contributed by atoms with Crippen LogP contribution in [0.25, 0.3) is 6.08 Å². The zero-order valence-corrected chi connectivity index (χ0v) is 24.0. The molecular weight excluding hydrogens is 548 g/mol. The van der Waals surface area contributed by atoms with Crippen LogP contribution in [0.1, 0.15) is 35.7 Å². The van der Waals surface area contributed by atoms with Crippen molar-refractivity contribution < 1.29 is 19.1 Å². The Balaban J connectivity index is 1.36. The van der Waals surface area contributed by atoms with Crippen LogP contribution in [0.15, 0.2) is 114 Å². The molecule has 3 amide bonds. The number of hydrogen-bond donors (Lipinski definition) is 3. The van der Waals surface area contributed by atoms with Crippen molar-refractivity contribution in [2.24, 2.45) is 0 Å². The zero-order valence-electron chi connectivity index (χ0n) is 23.2. The quantitative estimate of drug-likeness (QED) is 0.0959. The van der Waals surface area contributed by atoms with Gasteiger partial charge >= 0.3 is 0 Å². The standard InChI is InChI=1S/C33H32N4O4S/c1-2-3-19-41-28-16-14-26(15-17-28)35-31(38)23-42-29-13-7-12-27(21-29)36-33(40)30(20-24-9-8-18-34-22-24)37-32(39)25-10-5-4-6-11-25/h4-18,20-22H,2-3,19,23H2,1H3,(H,35,38)(H,36,40)(H,37,39)/b30-20-. The molecule has 0 aliphatic rings. The Morgan fingerprint density at radius 3 is 2.43 bits per heavy atom. The number of benzene rings is 3. The second-order valence-corrected chi connectivity index (χ2v) is 10.3. The van der Waals surface area contributed by atoms with Crippen molar-refractivity contribution in [2.45, 2.75) is 24.7 Å². The Kier molecular flexibility index (Phi) is 11.3. The Morgan fingerprint density at radius 1 is 0.881 bits per heavy atom. The first-order valence-electron chi connectivity index (χ1n) is 13.5. The summed E-state index contributed by atoms with van der Waals surface area (Å²) in [5, 5.41) is 8.44. The Morgan fingerprint density at radius 2 is 1.69 bits per heavy atom. The maximum Gasteiger partial charge on any atom is 0.272 e. The number of ether oxygens (including phenoxy) is 1. The van der Waals surface area contributed by atoms with Crippen LogP contribution in [-0.4, -0.2) is 35.1 Å². The maximum absolute atomic E-state index is 13.3. The van der Waals surface area contributed by atoms with E-state index in [9.17, 15) is 14.4 Å². The minimum absolute atomic E-state index is 0.0658. The summed E-state index contributed by atoms with van der Waals surface area (Å²) in [5.74, 6) is -0.0991. The summed E-state index contributed by atoms with van der Waals surface area (Å²) in [7, 11) is 0. The van der Waals surface area contributed by atoms with Crippen molar-refractivity contribution in [1.29, 1.82) is 0 Å². The highest BCUT2D eigenvalue weighted by atomic mass is 32.2. The number of thioether (sulfide) groups is 1. The third-order valence-electron chi connectivity index (χ3n) is 5.89. The molecule has 0 bridgehead atoms. The van der Waals surface area contributed by atoms with E-state index in [4.69, 9.17) is 4.74 Å². The molecular formula is C33H32N4O4S. The number of amides is 3. The number of nitrogens with zero attached hydrogens (tertiary/aromatic N) is 1. The van der Waals surface area contributed by atoms with Gasteiger partial charge in [-0.3, -0.25) is 19.4 Å². The molecule has 42 heavy (non-hydrogen) atoms. The van der Waals surface area contributed by atoms with E-state index >= 15 is 0 Å². The second-order valence-electron chi connectivity index (χ2n) is 9.21. The van der Waals surface area contributed by atoms with Gasteiger partial charge in [0.1, 0.15) is 11.4 Å². The minimum Gasteiger partial charge on any atom is -0.494 e. The number of unbranched alkanes of at least 4 members (excludes halogenated alkanes) is 1. The predicted octanol–water partition coefficient (Wildman–Crippen LogP) is 6.40. The lowest BCUT2D eigenvalue weighted by Gasteiger charge is -2.12. The molecule has 1 aromatic heterocycles. The molecule has 0 saturated carbocycles. The van der Waals surface area contributed by atoms with E-state index in [1.807, 2.05) is 36.4 Å². The second kappa shape index (κ2) is 15.8. The van der Waals surface area contributed by atoms with Gasteiger partial charge in [-0.05, 0) is 78.7 Å². The average Bonchev–Trinajstić information content (AvgIpc) is 3.02. The lowest BCUT2D eigenvalue weighted by atomic mass is 10.2. The number of aromatic nitrogens is 1. The van der Waals surface area contributed by atoms with E-state index in [1.54, 1.807) is 73.1 Å². The van der Waals surface area contributed by atoms with Gasteiger partial charge in [-0.1, -0.05) is 43.7 Å². The number of rotatable bonds is 13. The molecule has 1 heterocycles. The highest BCUT2D eigenvalue weighted by Gasteiger charge is 2.15. The average molecular weight is 581 g/mol. The van der Waals surface area contributed by atoms with Crippen LogP contribution in [0, 0.1) is 0 Å². The maximum atomic E-state index is 13.3. The van der Waals surface area contributed by atoms with Crippen molar-refractivity contribution in [1.82, 2.24) is 10.3 Å². The molecule has 0 spiro atoms. The van der Waals surface area contributed by atoms with Gasteiger partial charge in [0.15, 0.2) is 0 Å². The molecule has 0 fully saturated rings. The smallest absolute Gasteiger partial charge is 0.272 e. The molecule has 9 heteroatoms. The van der Waals surface area contributed by atoms with E-state index in [0.717, 1.165) is 23.5 Å². The first kappa shape index (κ1) is 30.1. The highest BCUT2D eigenvalue weighted by Crippen LogP contribution is 2.23. The lowest BCUT2D eigenvalue weighted by Crippen LogP contribution is -2.30. The van der Waals surface area contributed by atoms with Crippen molar-refractivity contribution in [3.05, 3.63) is 120 Å². The fourth-order valence-electron chi connectivity index (χ4n) is 3.75. The number of carbonyl (C=O) groups is 3. The molecule has 3 aromatic carbocycles. The molecule has 0 saturated heterocycles. The minimum atomic E-state index is -0.495. The number of carbonyl (C=O) groups excluding carboxylic acids is 3. The lowest BCUT2D eigenvalue weighted by molar-refractivity contribution is -0.114. The van der Waals surface area contributed by atoms with E-state index in [2.05, 4.69) is 27.9 Å². The van der Waals surface area contributed by atoms with Crippen molar-refractivity contribution in [3.8, 4) is 5.75 Å². The summed E-state index contributed by atoms with van der Waals surface area (Å²) in [6.07, 6.45) is 6.85. The zero-order chi connectivity index (χ0) is 29.6. The first-order valence-corrected chi connectivity index (χ1v) is 14.5. The van der Waals surface area contributed by atoms with Gasteiger partial charge in [-0.2, -0.15) is 0 Å². The van der Waals surface area contributed by atoms with E-state index in [1.165, 1.54) is 11.8 Å². The molecule has 4 rings (SSSR count). The van der Waals surface area contributed by atoms with Crippen LogP contribution < -0.4 is 20.7 Å². The molecule has 0 aliphatic heterocycles. The molecule has 8 nitrogen and oxygen atoms in total. The summed E-state index contributed by atoms with van der Waals surface area (Å²) in [5.41, 5.74) is 2.36. The summed E-state index contributed by atoms with van der Waals surface area (Å²) in [6.45, 7) is 2.78. The van der Waals surface area contributed by atoms with Crippen molar-refractivity contribution in [2.75, 3.05) is 23.0 Å². The molecule has 214 valence electrons. The van der Waals surface area contributed by atoms with Crippen LogP contribution in [0.4, 0.5) is 11.4 Å². The van der Waals surface area contributed by atoms with Gasteiger partial charge in [0, 0.05) is 34.2 Å². The summed E-state index contributed by atoms with van der Waals surface area (Å²) in [6, 6.07) is 26.7. The number of hydrogen-bond acceptors (Lipinski definition) is 6. The van der Waals surface area contributed by atoms with Gasteiger partial charge in [-0.25, -0.2) is 0 Å². The predicted molar refractivity (Wildman–Crippen MR) is 167 cm³/mol. The normalized spacial score (nSPS) is 10.9. The van der Waals surface area contributed by atoms with E-state index in [-0.39, 0.29) is 17.4 Å².